The van der Waals surface area contributed by atoms with E-state index < -0.39 is 35.3 Å². The van der Waals surface area contributed by atoms with Crippen LogP contribution in [0.1, 0.15) is 64.0 Å². The van der Waals surface area contributed by atoms with Gasteiger partial charge in [-0.25, -0.2) is 0 Å². The van der Waals surface area contributed by atoms with Gasteiger partial charge in [-0.2, -0.15) is 0 Å². The summed E-state index contributed by atoms with van der Waals surface area (Å²) in [5.74, 6) is -1.14. The molecule has 0 bridgehead atoms. The van der Waals surface area contributed by atoms with E-state index in [1.54, 1.807) is 0 Å². The number of hydrogen-bond acceptors (Lipinski definition) is 8. The van der Waals surface area contributed by atoms with Crippen molar-refractivity contribution in [1.82, 2.24) is 0 Å². The molecule has 0 radical (unpaired) electrons. The van der Waals surface area contributed by atoms with Crippen LogP contribution in [0.2, 0.25) is 18.1 Å². The first-order valence-electron chi connectivity index (χ1n) is 11.1. The van der Waals surface area contributed by atoms with Crippen molar-refractivity contribution in [2.24, 2.45) is 0 Å². The van der Waals surface area contributed by atoms with E-state index in [1.165, 1.54) is 52.9 Å². The van der Waals surface area contributed by atoms with Gasteiger partial charge < -0.3 is 22.1 Å². The summed E-state index contributed by atoms with van der Waals surface area (Å²) in [5, 5.41) is 0. The molecule has 1 fully saturated rings. The monoisotopic (exact) mass is 480 g/mol. The van der Waals surface area contributed by atoms with Gasteiger partial charge in [0.05, 0.1) is 12.7 Å². The standard InChI is InChI=1S/C22H32O8Si2/c1-16(23)27-32(28-17(2)24,29-18(3)25)13-12-19-10-11-22-20(14-19)15-26-31(4,30-22)21-8-6-5-7-9-21/h10-11,14,21H,5-9,12-13,15H2,1-4H3. The van der Waals surface area contributed by atoms with Crippen molar-refractivity contribution < 1.29 is 36.5 Å². The van der Waals surface area contributed by atoms with Gasteiger partial charge in [0.15, 0.2) is 0 Å². The molecule has 0 amide bonds. The van der Waals surface area contributed by atoms with Crippen molar-refractivity contribution in [3.8, 4) is 5.75 Å². The van der Waals surface area contributed by atoms with E-state index >= 15 is 0 Å². The number of carbonyl (C=O) groups excluding carboxylic acids is 3. The van der Waals surface area contributed by atoms with Crippen LogP contribution in [0.25, 0.3) is 0 Å². The molecule has 176 valence electrons. The molecule has 1 aromatic carbocycles. The molecule has 1 unspecified atom stereocenters. The molecule has 3 rings (SSSR count). The van der Waals surface area contributed by atoms with E-state index in [0.717, 1.165) is 16.9 Å². The lowest BCUT2D eigenvalue weighted by molar-refractivity contribution is -0.147. The summed E-state index contributed by atoms with van der Waals surface area (Å²) in [4.78, 5) is 34.9. The molecule has 1 aromatic rings. The first kappa shape index (κ1) is 24.5. The minimum Gasteiger partial charge on any atom is -0.520 e. The van der Waals surface area contributed by atoms with Gasteiger partial charge in [0.1, 0.15) is 5.75 Å². The fraction of sp³-hybridized carbons (Fsp3) is 0.591. The highest BCUT2D eigenvalue weighted by Gasteiger charge is 2.51. The third-order valence-electron chi connectivity index (χ3n) is 5.92. The highest BCUT2D eigenvalue weighted by molar-refractivity contribution is 6.68. The summed E-state index contributed by atoms with van der Waals surface area (Å²) < 4.78 is 28.5. The molecule has 8 nitrogen and oxygen atoms in total. The van der Waals surface area contributed by atoms with Gasteiger partial charge in [0.25, 0.3) is 17.9 Å². The van der Waals surface area contributed by atoms with Crippen molar-refractivity contribution in [3.63, 3.8) is 0 Å². The molecule has 2 aliphatic rings. The molecule has 1 aliphatic carbocycles. The highest BCUT2D eigenvalue weighted by atomic mass is 28.4. The maximum absolute atomic E-state index is 11.6. The molecular weight excluding hydrogens is 448 g/mol. The number of aryl methyl sites for hydroxylation is 1. The summed E-state index contributed by atoms with van der Waals surface area (Å²) in [6.07, 6.45) is 6.51. The number of hydrogen-bond donors (Lipinski definition) is 0. The van der Waals surface area contributed by atoms with Gasteiger partial charge in [0.2, 0.25) is 0 Å². The normalized spacial score (nSPS) is 21.1. The predicted octanol–water partition coefficient (Wildman–Crippen LogP) is 4.17. The highest BCUT2D eigenvalue weighted by Crippen LogP contribution is 2.42. The lowest BCUT2D eigenvalue weighted by Crippen LogP contribution is -2.50. The molecule has 0 saturated heterocycles. The van der Waals surface area contributed by atoms with Crippen LogP contribution in [0.4, 0.5) is 0 Å². The van der Waals surface area contributed by atoms with Gasteiger partial charge in [-0.05, 0) is 43.5 Å². The lowest BCUT2D eigenvalue weighted by atomic mass is 10.0. The number of benzene rings is 1. The Labute approximate surface area is 191 Å². The molecule has 10 heteroatoms. The summed E-state index contributed by atoms with van der Waals surface area (Å²) in [6.45, 7) is 6.24. The van der Waals surface area contributed by atoms with E-state index in [2.05, 4.69) is 6.55 Å². The molecule has 1 saturated carbocycles. The largest absolute Gasteiger partial charge is 0.705 e. The van der Waals surface area contributed by atoms with E-state index in [1.807, 2.05) is 18.2 Å². The summed E-state index contributed by atoms with van der Waals surface area (Å²) >= 11 is 0. The Balaban J connectivity index is 1.73. The summed E-state index contributed by atoms with van der Waals surface area (Å²) in [6, 6.07) is 5.97. The third-order valence-corrected chi connectivity index (χ3v) is 12.0. The van der Waals surface area contributed by atoms with Crippen LogP contribution < -0.4 is 4.43 Å². The van der Waals surface area contributed by atoms with Crippen LogP contribution in [-0.4, -0.2) is 35.3 Å². The van der Waals surface area contributed by atoms with Gasteiger partial charge in [-0.1, -0.05) is 25.3 Å². The van der Waals surface area contributed by atoms with Crippen molar-refractivity contribution >= 4 is 35.3 Å². The Morgan fingerprint density at radius 3 is 2.16 bits per heavy atom. The molecule has 1 atom stereocenters. The van der Waals surface area contributed by atoms with Crippen molar-refractivity contribution in [2.75, 3.05) is 0 Å². The van der Waals surface area contributed by atoms with E-state index in [0.29, 0.717) is 18.6 Å². The summed E-state index contributed by atoms with van der Waals surface area (Å²) in [7, 11) is -6.13. The maximum atomic E-state index is 11.6. The van der Waals surface area contributed by atoms with Crippen molar-refractivity contribution in [2.45, 2.75) is 84.0 Å². The van der Waals surface area contributed by atoms with E-state index in [9.17, 15) is 14.4 Å². The van der Waals surface area contributed by atoms with Gasteiger partial charge in [0, 0.05) is 31.9 Å². The Morgan fingerprint density at radius 1 is 1.00 bits per heavy atom. The molecular formula is C22H32O8Si2. The van der Waals surface area contributed by atoms with Crippen LogP contribution in [0, 0.1) is 0 Å². The van der Waals surface area contributed by atoms with Crippen molar-refractivity contribution in [3.05, 3.63) is 29.3 Å². The Bertz CT molecular complexity index is 827. The van der Waals surface area contributed by atoms with Crippen LogP contribution in [0.3, 0.4) is 0 Å². The fourth-order valence-electron chi connectivity index (χ4n) is 4.47. The average Bonchev–Trinajstić information content (AvgIpc) is 2.71. The van der Waals surface area contributed by atoms with Gasteiger partial charge in [-0.3, -0.25) is 14.4 Å². The van der Waals surface area contributed by atoms with Gasteiger partial charge >= 0.3 is 17.4 Å². The van der Waals surface area contributed by atoms with E-state index in [-0.39, 0.29) is 6.04 Å². The van der Waals surface area contributed by atoms with Crippen LogP contribution >= 0.6 is 0 Å². The van der Waals surface area contributed by atoms with Crippen molar-refractivity contribution in [1.29, 1.82) is 0 Å². The fourth-order valence-corrected chi connectivity index (χ4v) is 9.80. The molecule has 0 N–H and O–H groups in total. The first-order chi connectivity index (χ1) is 15.1. The summed E-state index contributed by atoms with van der Waals surface area (Å²) in [5.41, 5.74) is 2.40. The SMILES string of the molecule is CC(=O)O[Si](CCc1ccc2c(c1)CO[Si](C)(C1CCCCC1)O2)(OC(C)=O)OC(C)=O. The average molecular weight is 481 g/mol. The zero-order chi connectivity index (χ0) is 23.4. The number of fused-ring (bicyclic) bond motifs is 1. The Kier molecular flexibility index (Phi) is 7.78. The van der Waals surface area contributed by atoms with E-state index in [4.69, 9.17) is 22.1 Å². The quantitative estimate of drug-likeness (QED) is 0.536. The van der Waals surface area contributed by atoms with Crippen LogP contribution in [0.15, 0.2) is 18.2 Å². The Hall–Kier alpha value is -2.18. The molecule has 0 spiro atoms. The molecule has 1 aliphatic heterocycles. The minimum absolute atomic E-state index is 0.0980. The van der Waals surface area contributed by atoms with Crippen LogP contribution in [0.5, 0.6) is 5.75 Å². The zero-order valence-electron chi connectivity index (χ0n) is 19.2. The smallest absolute Gasteiger partial charge is 0.520 e. The van der Waals surface area contributed by atoms with Crippen LogP contribution in [-0.2, 0) is 45.1 Å². The zero-order valence-corrected chi connectivity index (χ0v) is 21.2. The second kappa shape index (κ2) is 10.2. The maximum Gasteiger partial charge on any atom is 0.705 e. The topological polar surface area (TPSA) is 97.4 Å². The Morgan fingerprint density at radius 2 is 1.59 bits per heavy atom. The number of carbonyl (C=O) groups is 3. The molecule has 32 heavy (non-hydrogen) atoms. The number of rotatable bonds is 7. The first-order valence-corrected chi connectivity index (χ1v) is 15.5. The molecule has 0 aromatic heterocycles. The van der Waals surface area contributed by atoms with Gasteiger partial charge in [-0.15, -0.1) is 0 Å². The third kappa shape index (κ3) is 6.20. The molecule has 1 heterocycles. The second-order valence-electron chi connectivity index (χ2n) is 8.65. The lowest BCUT2D eigenvalue weighted by Gasteiger charge is -2.40. The predicted molar refractivity (Wildman–Crippen MR) is 120 cm³/mol. The second-order valence-corrected chi connectivity index (χ2v) is 14.5. The minimum atomic E-state index is -3.85.